The van der Waals surface area contributed by atoms with E-state index >= 15 is 0 Å². The van der Waals surface area contributed by atoms with Gasteiger partial charge in [-0.25, -0.2) is 9.18 Å². The monoisotopic (exact) mass is 359 g/mol. The van der Waals surface area contributed by atoms with Crippen LogP contribution in [0.4, 0.5) is 10.1 Å². The number of hydrogen-bond donors (Lipinski definition) is 1. The summed E-state index contributed by atoms with van der Waals surface area (Å²) in [4.78, 5) is 23.4. The average Bonchev–Trinajstić information content (AvgIpc) is 2.64. The van der Waals surface area contributed by atoms with Crippen molar-refractivity contribution in [3.05, 3.63) is 59.9 Å². The number of nitrogens with one attached hydrogen (secondary N) is 1. The maximum atomic E-state index is 13.0. The van der Waals surface area contributed by atoms with Crippen LogP contribution in [0.1, 0.15) is 5.56 Å². The van der Waals surface area contributed by atoms with E-state index in [4.69, 9.17) is 14.2 Å². The first kappa shape index (κ1) is 19.0. The lowest BCUT2D eigenvalue weighted by atomic mass is 10.2. The Kier molecular flexibility index (Phi) is 6.73. The SMILES string of the molecule is COc1ccc(C=CC(=O)OCC(=O)Nc2cccc(F)c2)cc1OC. The first-order valence-electron chi connectivity index (χ1n) is 7.64. The van der Waals surface area contributed by atoms with Crippen LogP contribution in [0.5, 0.6) is 11.5 Å². The zero-order chi connectivity index (χ0) is 18.9. The summed E-state index contributed by atoms with van der Waals surface area (Å²) < 4.78 is 28.2. The average molecular weight is 359 g/mol. The van der Waals surface area contributed by atoms with Crippen molar-refractivity contribution in [3.63, 3.8) is 0 Å². The Morgan fingerprint density at radius 3 is 2.54 bits per heavy atom. The summed E-state index contributed by atoms with van der Waals surface area (Å²) in [5.74, 6) is -0.631. The molecule has 0 spiro atoms. The lowest BCUT2D eigenvalue weighted by molar-refractivity contribution is -0.142. The molecular formula is C19H18FNO5. The first-order valence-corrected chi connectivity index (χ1v) is 7.64. The second kappa shape index (κ2) is 9.22. The molecule has 0 saturated heterocycles. The van der Waals surface area contributed by atoms with E-state index in [-0.39, 0.29) is 5.69 Å². The van der Waals surface area contributed by atoms with Crippen molar-refractivity contribution < 1.29 is 28.2 Å². The van der Waals surface area contributed by atoms with Gasteiger partial charge in [0.2, 0.25) is 0 Å². The summed E-state index contributed by atoms with van der Waals surface area (Å²) in [5.41, 5.74) is 0.982. The quantitative estimate of drug-likeness (QED) is 0.608. The third-order valence-corrected chi connectivity index (χ3v) is 3.27. The second-order valence-corrected chi connectivity index (χ2v) is 5.11. The van der Waals surface area contributed by atoms with Gasteiger partial charge in [0.25, 0.3) is 5.91 Å². The van der Waals surface area contributed by atoms with Crippen LogP contribution in [0.15, 0.2) is 48.5 Å². The number of anilines is 1. The molecule has 0 unspecified atom stereocenters. The number of carbonyl (C=O) groups is 2. The lowest BCUT2D eigenvalue weighted by Crippen LogP contribution is -2.20. The van der Waals surface area contributed by atoms with Crippen molar-refractivity contribution in [2.24, 2.45) is 0 Å². The number of carbonyl (C=O) groups excluding carboxylic acids is 2. The van der Waals surface area contributed by atoms with Crippen LogP contribution in [-0.2, 0) is 14.3 Å². The predicted molar refractivity (Wildman–Crippen MR) is 94.6 cm³/mol. The molecule has 0 saturated carbocycles. The minimum Gasteiger partial charge on any atom is -0.493 e. The highest BCUT2D eigenvalue weighted by atomic mass is 19.1. The molecule has 6 nitrogen and oxygen atoms in total. The molecule has 136 valence electrons. The van der Waals surface area contributed by atoms with Crippen molar-refractivity contribution in [2.75, 3.05) is 26.1 Å². The minimum atomic E-state index is -0.686. The fourth-order valence-electron chi connectivity index (χ4n) is 2.07. The van der Waals surface area contributed by atoms with Crippen molar-refractivity contribution in [1.82, 2.24) is 0 Å². The van der Waals surface area contributed by atoms with Gasteiger partial charge >= 0.3 is 5.97 Å². The standard InChI is InChI=1S/C19H18FNO5/c1-24-16-8-6-13(10-17(16)25-2)7-9-19(23)26-12-18(22)21-15-5-3-4-14(20)11-15/h3-11H,12H2,1-2H3,(H,21,22). The van der Waals surface area contributed by atoms with Crippen LogP contribution in [0.2, 0.25) is 0 Å². The molecule has 0 aromatic heterocycles. The van der Waals surface area contributed by atoms with Crippen molar-refractivity contribution in [2.45, 2.75) is 0 Å². The largest absolute Gasteiger partial charge is 0.493 e. The van der Waals surface area contributed by atoms with Crippen LogP contribution >= 0.6 is 0 Å². The number of amides is 1. The molecular weight excluding hydrogens is 341 g/mol. The van der Waals surface area contributed by atoms with Crippen LogP contribution in [0.3, 0.4) is 0 Å². The smallest absolute Gasteiger partial charge is 0.331 e. The molecule has 1 N–H and O–H groups in total. The van der Waals surface area contributed by atoms with E-state index in [9.17, 15) is 14.0 Å². The molecule has 0 aliphatic carbocycles. The van der Waals surface area contributed by atoms with Gasteiger partial charge in [0, 0.05) is 11.8 Å². The van der Waals surface area contributed by atoms with Gasteiger partial charge in [0.1, 0.15) is 5.82 Å². The second-order valence-electron chi connectivity index (χ2n) is 5.11. The highest BCUT2D eigenvalue weighted by Gasteiger charge is 2.07. The Bertz CT molecular complexity index is 819. The third kappa shape index (κ3) is 5.62. The lowest BCUT2D eigenvalue weighted by Gasteiger charge is -2.07. The molecule has 7 heteroatoms. The van der Waals surface area contributed by atoms with Gasteiger partial charge in [-0.15, -0.1) is 0 Å². The number of esters is 1. The number of hydrogen-bond acceptors (Lipinski definition) is 5. The summed E-state index contributed by atoms with van der Waals surface area (Å²) in [6.45, 7) is -0.481. The van der Waals surface area contributed by atoms with Gasteiger partial charge in [-0.1, -0.05) is 12.1 Å². The Balaban J connectivity index is 1.86. The zero-order valence-electron chi connectivity index (χ0n) is 14.3. The molecule has 0 aliphatic rings. The molecule has 0 aliphatic heterocycles. The molecule has 0 heterocycles. The highest BCUT2D eigenvalue weighted by Crippen LogP contribution is 2.27. The molecule has 1 amide bonds. The van der Waals surface area contributed by atoms with Gasteiger partial charge in [-0.05, 0) is 42.0 Å². The number of ether oxygens (including phenoxy) is 3. The number of methoxy groups -OCH3 is 2. The van der Waals surface area contributed by atoms with Crippen LogP contribution in [-0.4, -0.2) is 32.7 Å². The molecule has 2 aromatic rings. The van der Waals surface area contributed by atoms with Gasteiger partial charge in [0.15, 0.2) is 18.1 Å². The van der Waals surface area contributed by atoms with Crippen molar-refractivity contribution in [1.29, 1.82) is 0 Å². The van der Waals surface area contributed by atoms with Gasteiger partial charge in [-0.3, -0.25) is 4.79 Å². The third-order valence-electron chi connectivity index (χ3n) is 3.27. The van der Waals surface area contributed by atoms with E-state index < -0.39 is 24.3 Å². The maximum Gasteiger partial charge on any atom is 0.331 e. The summed E-state index contributed by atoms with van der Waals surface area (Å²) >= 11 is 0. The highest BCUT2D eigenvalue weighted by molar-refractivity contribution is 5.94. The topological polar surface area (TPSA) is 73.9 Å². The number of benzene rings is 2. The van der Waals surface area contributed by atoms with E-state index in [0.29, 0.717) is 17.1 Å². The summed E-state index contributed by atoms with van der Waals surface area (Å²) in [6, 6.07) is 10.5. The van der Waals surface area contributed by atoms with E-state index in [2.05, 4.69) is 5.32 Å². The van der Waals surface area contributed by atoms with E-state index in [1.807, 2.05) is 0 Å². The van der Waals surface area contributed by atoms with Gasteiger partial charge in [-0.2, -0.15) is 0 Å². The summed E-state index contributed by atoms with van der Waals surface area (Å²) in [6.07, 6.45) is 2.71. The molecule has 2 rings (SSSR count). The molecule has 2 aromatic carbocycles. The molecule has 0 atom stereocenters. The minimum absolute atomic E-state index is 0.284. The Morgan fingerprint density at radius 1 is 1.08 bits per heavy atom. The maximum absolute atomic E-state index is 13.0. The first-order chi connectivity index (χ1) is 12.5. The molecule has 0 radical (unpaired) electrons. The predicted octanol–water partition coefficient (Wildman–Crippen LogP) is 3.04. The number of rotatable bonds is 7. The van der Waals surface area contributed by atoms with E-state index in [0.717, 1.165) is 6.07 Å². The summed E-state index contributed by atoms with van der Waals surface area (Å²) in [5, 5.41) is 2.43. The summed E-state index contributed by atoms with van der Waals surface area (Å²) in [7, 11) is 3.04. The van der Waals surface area contributed by atoms with Crippen LogP contribution in [0.25, 0.3) is 6.08 Å². The van der Waals surface area contributed by atoms with Gasteiger partial charge in [0.05, 0.1) is 14.2 Å². The Morgan fingerprint density at radius 2 is 1.85 bits per heavy atom. The number of halogens is 1. The fourth-order valence-corrected chi connectivity index (χ4v) is 2.07. The zero-order valence-corrected chi connectivity index (χ0v) is 14.3. The van der Waals surface area contributed by atoms with Crippen LogP contribution < -0.4 is 14.8 Å². The normalized spacial score (nSPS) is 10.4. The van der Waals surface area contributed by atoms with E-state index in [1.165, 1.54) is 44.6 Å². The van der Waals surface area contributed by atoms with Crippen LogP contribution in [0, 0.1) is 5.82 Å². The molecule has 0 bridgehead atoms. The van der Waals surface area contributed by atoms with Gasteiger partial charge < -0.3 is 19.5 Å². The molecule has 0 fully saturated rings. The Hall–Kier alpha value is -3.35. The van der Waals surface area contributed by atoms with E-state index in [1.54, 1.807) is 18.2 Å². The van der Waals surface area contributed by atoms with Crippen molar-refractivity contribution >= 4 is 23.6 Å². The Labute approximate surface area is 150 Å². The van der Waals surface area contributed by atoms with Crippen molar-refractivity contribution in [3.8, 4) is 11.5 Å². The molecule has 26 heavy (non-hydrogen) atoms. The fraction of sp³-hybridized carbons (Fsp3) is 0.158.